The molecule has 2 heterocycles. The molecule has 0 radical (unpaired) electrons. The van der Waals surface area contributed by atoms with Gasteiger partial charge in [0.2, 0.25) is 5.91 Å². The van der Waals surface area contributed by atoms with E-state index in [9.17, 15) is 13.2 Å². The lowest BCUT2D eigenvalue weighted by molar-refractivity contribution is -0.136. The van der Waals surface area contributed by atoms with Crippen molar-refractivity contribution in [1.29, 1.82) is 0 Å². The van der Waals surface area contributed by atoms with Crippen LogP contribution in [-0.2, 0) is 15.0 Å². The Labute approximate surface area is 147 Å². The van der Waals surface area contributed by atoms with Gasteiger partial charge in [0.05, 0.1) is 0 Å². The van der Waals surface area contributed by atoms with Gasteiger partial charge in [0, 0.05) is 45.2 Å². The first kappa shape index (κ1) is 19.7. The Bertz CT molecular complexity index is 531. The fourth-order valence-corrected chi connectivity index (χ4v) is 5.72. The lowest BCUT2D eigenvalue weighted by Gasteiger charge is -2.39. The fraction of sp³-hybridized carbons (Fsp3) is 0.941. The van der Waals surface area contributed by atoms with Crippen LogP contribution in [0.15, 0.2) is 0 Å². The highest BCUT2D eigenvalue weighted by Crippen LogP contribution is 2.28. The van der Waals surface area contributed by atoms with E-state index >= 15 is 0 Å². The quantitative estimate of drug-likeness (QED) is 0.769. The van der Waals surface area contributed by atoms with Crippen LogP contribution in [0.1, 0.15) is 47.0 Å². The minimum Gasteiger partial charge on any atom is -0.343 e. The number of rotatable bonds is 4. The molecule has 6 nitrogen and oxygen atoms in total. The van der Waals surface area contributed by atoms with Crippen LogP contribution in [0.3, 0.4) is 0 Å². The number of amides is 1. The Morgan fingerprint density at radius 1 is 1.04 bits per heavy atom. The molecule has 2 unspecified atom stereocenters. The lowest BCUT2D eigenvalue weighted by Crippen LogP contribution is -2.52. The zero-order valence-electron chi connectivity index (χ0n) is 15.7. The van der Waals surface area contributed by atoms with E-state index < -0.39 is 10.2 Å². The monoisotopic (exact) mass is 359 g/mol. The molecule has 2 aliphatic heterocycles. The number of carbonyl (C=O) groups excluding carboxylic acids is 1. The topological polar surface area (TPSA) is 60.9 Å². The van der Waals surface area contributed by atoms with Crippen LogP contribution >= 0.6 is 0 Å². The van der Waals surface area contributed by atoms with Crippen molar-refractivity contribution in [3.05, 3.63) is 0 Å². The fourth-order valence-electron chi connectivity index (χ4n) is 3.83. The van der Waals surface area contributed by atoms with Gasteiger partial charge in [-0.25, -0.2) is 0 Å². The van der Waals surface area contributed by atoms with Crippen molar-refractivity contribution in [1.82, 2.24) is 13.5 Å². The van der Waals surface area contributed by atoms with Gasteiger partial charge in [-0.15, -0.1) is 0 Å². The summed E-state index contributed by atoms with van der Waals surface area (Å²) in [6.45, 7) is 10.3. The molecule has 1 amide bonds. The van der Waals surface area contributed by atoms with E-state index in [1.165, 1.54) is 0 Å². The van der Waals surface area contributed by atoms with E-state index in [2.05, 4.69) is 13.8 Å². The third kappa shape index (κ3) is 4.29. The molecule has 0 aliphatic carbocycles. The molecule has 2 saturated heterocycles. The molecule has 0 N–H and O–H groups in total. The molecule has 0 aromatic rings. The largest absolute Gasteiger partial charge is 0.343 e. The number of nitrogens with zero attached hydrogens (tertiary/aromatic N) is 3. The van der Waals surface area contributed by atoms with Crippen molar-refractivity contribution >= 4 is 16.1 Å². The van der Waals surface area contributed by atoms with Crippen LogP contribution in [0, 0.1) is 17.8 Å². The van der Waals surface area contributed by atoms with Gasteiger partial charge in [0.15, 0.2) is 0 Å². The Kier molecular flexibility index (Phi) is 6.31. The zero-order valence-corrected chi connectivity index (χ0v) is 16.6. The maximum Gasteiger partial charge on any atom is 0.281 e. The molecule has 2 aliphatic rings. The molecular weight excluding hydrogens is 326 g/mol. The van der Waals surface area contributed by atoms with E-state index in [0.717, 1.165) is 6.42 Å². The Hall–Kier alpha value is -0.660. The summed E-state index contributed by atoms with van der Waals surface area (Å²) < 4.78 is 29.0. The third-order valence-corrected chi connectivity index (χ3v) is 7.38. The van der Waals surface area contributed by atoms with Crippen LogP contribution in [-0.4, -0.2) is 67.1 Å². The highest BCUT2D eigenvalue weighted by Gasteiger charge is 2.38. The van der Waals surface area contributed by atoms with Crippen LogP contribution in [0.5, 0.6) is 0 Å². The van der Waals surface area contributed by atoms with Gasteiger partial charge in [0.25, 0.3) is 10.2 Å². The average Bonchev–Trinajstić information content (AvgIpc) is 2.52. The maximum absolute atomic E-state index is 12.9. The SMILES string of the molecule is CC1CC(C)CN(S(=O)(=O)N2CCC(C(=O)N(C)C(C)C)CC2)C1. The van der Waals surface area contributed by atoms with Gasteiger partial charge in [-0.05, 0) is 44.9 Å². The van der Waals surface area contributed by atoms with Gasteiger partial charge in [-0.2, -0.15) is 17.0 Å². The van der Waals surface area contributed by atoms with Crippen molar-refractivity contribution in [3.8, 4) is 0 Å². The molecule has 2 fully saturated rings. The highest BCUT2D eigenvalue weighted by atomic mass is 32.2. The minimum atomic E-state index is -3.39. The Morgan fingerprint density at radius 2 is 1.54 bits per heavy atom. The highest BCUT2D eigenvalue weighted by molar-refractivity contribution is 7.86. The molecule has 2 rings (SSSR count). The normalized spacial score (nSPS) is 28.2. The van der Waals surface area contributed by atoms with Crippen molar-refractivity contribution in [3.63, 3.8) is 0 Å². The smallest absolute Gasteiger partial charge is 0.281 e. The number of carbonyl (C=O) groups is 1. The molecule has 0 aromatic heterocycles. The summed E-state index contributed by atoms with van der Waals surface area (Å²) >= 11 is 0. The van der Waals surface area contributed by atoms with Crippen LogP contribution in [0.4, 0.5) is 0 Å². The molecule has 2 atom stereocenters. The summed E-state index contributed by atoms with van der Waals surface area (Å²) in [6.07, 6.45) is 2.33. The second kappa shape index (κ2) is 7.70. The predicted molar refractivity (Wildman–Crippen MR) is 95.6 cm³/mol. The first-order valence-corrected chi connectivity index (χ1v) is 10.5. The van der Waals surface area contributed by atoms with Gasteiger partial charge in [-0.3, -0.25) is 4.79 Å². The number of piperidine rings is 2. The second-order valence-corrected chi connectivity index (χ2v) is 9.92. The molecule has 24 heavy (non-hydrogen) atoms. The summed E-state index contributed by atoms with van der Waals surface area (Å²) in [7, 11) is -1.57. The summed E-state index contributed by atoms with van der Waals surface area (Å²) in [5, 5.41) is 0. The second-order valence-electron chi connectivity index (χ2n) is 7.99. The lowest BCUT2D eigenvalue weighted by atomic mass is 9.94. The van der Waals surface area contributed by atoms with E-state index in [-0.39, 0.29) is 17.9 Å². The molecule has 0 spiro atoms. The maximum atomic E-state index is 12.9. The van der Waals surface area contributed by atoms with Crippen molar-refractivity contribution in [2.45, 2.75) is 53.0 Å². The van der Waals surface area contributed by atoms with E-state index in [1.54, 1.807) is 13.5 Å². The summed E-state index contributed by atoms with van der Waals surface area (Å²) in [5.74, 6) is 0.898. The molecule has 0 saturated carbocycles. The minimum absolute atomic E-state index is 0.0527. The summed E-state index contributed by atoms with van der Waals surface area (Å²) in [4.78, 5) is 14.2. The standard InChI is InChI=1S/C17H33N3O3S/c1-13(2)18(5)17(21)16-6-8-19(9-7-16)24(22,23)20-11-14(3)10-15(4)12-20/h13-16H,6-12H2,1-5H3. The van der Waals surface area contributed by atoms with Crippen LogP contribution in [0.2, 0.25) is 0 Å². The van der Waals surface area contributed by atoms with Gasteiger partial charge >= 0.3 is 0 Å². The number of hydrogen-bond donors (Lipinski definition) is 0. The summed E-state index contributed by atoms with van der Waals surface area (Å²) in [5.41, 5.74) is 0. The van der Waals surface area contributed by atoms with Gasteiger partial charge in [-0.1, -0.05) is 13.8 Å². The Balaban J connectivity index is 1.97. The molecule has 7 heteroatoms. The van der Waals surface area contributed by atoms with Crippen LogP contribution < -0.4 is 0 Å². The van der Waals surface area contributed by atoms with E-state index in [1.807, 2.05) is 20.9 Å². The first-order valence-electron chi connectivity index (χ1n) is 9.14. The Morgan fingerprint density at radius 3 is 2.00 bits per heavy atom. The number of hydrogen-bond acceptors (Lipinski definition) is 3. The zero-order chi connectivity index (χ0) is 18.1. The first-order chi connectivity index (χ1) is 11.1. The third-order valence-electron chi connectivity index (χ3n) is 5.41. The van der Waals surface area contributed by atoms with Crippen molar-refractivity contribution in [2.75, 3.05) is 33.2 Å². The molecule has 0 aromatic carbocycles. The predicted octanol–water partition coefficient (Wildman–Crippen LogP) is 1.79. The molecule has 140 valence electrons. The molecule has 0 bridgehead atoms. The van der Waals surface area contributed by atoms with Crippen LogP contribution in [0.25, 0.3) is 0 Å². The van der Waals surface area contributed by atoms with Gasteiger partial charge < -0.3 is 4.90 Å². The van der Waals surface area contributed by atoms with Crippen molar-refractivity contribution < 1.29 is 13.2 Å². The van der Waals surface area contributed by atoms with Gasteiger partial charge in [0.1, 0.15) is 0 Å². The van der Waals surface area contributed by atoms with Crippen molar-refractivity contribution in [2.24, 2.45) is 17.8 Å². The average molecular weight is 360 g/mol. The summed E-state index contributed by atoms with van der Waals surface area (Å²) in [6, 6.07) is 0.176. The van der Waals surface area contributed by atoms with E-state index in [0.29, 0.717) is 50.9 Å². The van der Waals surface area contributed by atoms with E-state index in [4.69, 9.17) is 0 Å². The molecular formula is C17H33N3O3S.